The summed E-state index contributed by atoms with van der Waals surface area (Å²) in [4.78, 5) is 12.7. The van der Waals surface area contributed by atoms with Gasteiger partial charge in [-0.25, -0.2) is 9.97 Å². The second kappa shape index (κ2) is 14.5. The summed E-state index contributed by atoms with van der Waals surface area (Å²) in [5.74, 6) is 1.70. The Bertz CT molecular complexity index is 3570. The number of rotatable bonds is 4. The van der Waals surface area contributed by atoms with Crippen LogP contribution in [0.1, 0.15) is 49.6 Å². The van der Waals surface area contributed by atoms with Crippen molar-refractivity contribution in [3.05, 3.63) is 162 Å². The molecule has 0 radical (unpaired) electrons. The van der Waals surface area contributed by atoms with Gasteiger partial charge in [0.25, 0.3) is 0 Å². The molecule has 1 aliphatic rings. The molecule has 0 N–H and O–H groups in total. The standard InChI is InChI=1S/C52H35N3S2.C2H6/c1-2-3-5-16-31-27-28-38-42(29-31)55(48-36-21-12-13-22-37(36)49-46(45(38)48)39-23-14-15-26-43(39)56-49)52-50-47(40-24-6-4-7-25-44(40)57-50)53-51(54-52)41-30-32-17-8-9-18-33(32)34-19-10-11-20-35(34)41;1-2/h2-3,5,7-23,25-30H,4,6,24H2,1H3;1-2H3/b3-2-,16-5-;. The van der Waals surface area contributed by atoms with E-state index in [-0.39, 0.29) is 0 Å². The average Bonchev–Trinajstić information content (AvgIpc) is 3.89. The highest BCUT2D eigenvalue weighted by Gasteiger charge is 2.27. The molecule has 0 atom stereocenters. The number of aryl methyl sites for hydroxylation is 1. The number of nitrogens with zero attached hydrogens (tertiary/aromatic N) is 3. The Labute approximate surface area is 350 Å². The first-order valence-corrected chi connectivity index (χ1v) is 22.4. The van der Waals surface area contributed by atoms with Crippen LogP contribution in [0.2, 0.25) is 0 Å². The van der Waals surface area contributed by atoms with Gasteiger partial charge in [-0.1, -0.05) is 147 Å². The summed E-state index contributed by atoms with van der Waals surface area (Å²) in [6.45, 7) is 6.06. The van der Waals surface area contributed by atoms with Crippen LogP contribution in [0.3, 0.4) is 0 Å². The Hall–Kier alpha value is -6.40. The van der Waals surface area contributed by atoms with Crippen molar-refractivity contribution in [3.8, 4) is 17.2 Å². The van der Waals surface area contributed by atoms with Gasteiger partial charge in [0.1, 0.15) is 0 Å². The van der Waals surface area contributed by atoms with Crippen molar-refractivity contribution in [2.75, 3.05) is 0 Å². The van der Waals surface area contributed by atoms with Gasteiger partial charge in [0, 0.05) is 52.2 Å². The van der Waals surface area contributed by atoms with E-state index in [0.717, 1.165) is 57.8 Å². The lowest BCUT2D eigenvalue weighted by Crippen LogP contribution is -2.03. The van der Waals surface area contributed by atoms with Crippen LogP contribution < -0.4 is 0 Å². The number of aromatic nitrogens is 3. The monoisotopic (exact) mass is 795 g/mol. The van der Waals surface area contributed by atoms with E-state index < -0.39 is 0 Å². The summed E-state index contributed by atoms with van der Waals surface area (Å²) in [6, 6.07) is 44.6. The minimum atomic E-state index is 0.763. The Kier molecular flexibility index (Phi) is 8.76. The number of hydrogen-bond donors (Lipinski definition) is 0. The molecule has 0 bridgehead atoms. The molecule has 4 heterocycles. The van der Waals surface area contributed by atoms with Gasteiger partial charge < -0.3 is 0 Å². The van der Waals surface area contributed by atoms with Gasteiger partial charge in [0.2, 0.25) is 0 Å². The molecule has 0 unspecified atom stereocenters. The van der Waals surface area contributed by atoms with Crippen LogP contribution in [0.5, 0.6) is 0 Å². The van der Waals surface area contributed by atoms with Crippen LogP contribution in [0, 0.1) is 0 Å². The Balaban J connectivity index is 0.00000196. The van der Waals surface area contributed by atoms with E-state index in [1.165, 1.54) is 79.2 Å². The number of allylic oxidation sites excluding steroid dienone is 4. The zero-order valence-corrected chi connectivity index (χ0v) is 34.9. The molecule has 0 aliphatic heterocycles. The maximum Gasteiger partial charge on any atom is 0.162 e. The van der Waals surface area contributed by atoms with Crippen molar-refractivity contribution in [2.45, 2.75) is 40.0 Å². The Morgan fingerprint density at radius 1 is 0.644 bits per heavy atom. The van der Waals surface area contributed by atoms with Gasteiger partial charge in [0.15, 0.2) is 11.6 Å². The van der Waals surface area contributed by atoms with E-state index in [2.05, 4.69) is 169 Å². The lowest BCUT2D eigenvalue weighted by molar-refractivity contribution is 0.856. The Morgan fingerprint density at radius 3 is 2.24 bits per heavy atom. The highest BCUT2D eigenvalue weighted by molar-refractivity contribution is 7.27. The van der Waals surface area contributed by atoms with Crippen LogP contribution in [0.4, 0.5) is 0 Å². The van der Waals surface area contributed by atoms with E-state index in [9.17, 15) is 0 Å². The van der Waals surface area contributed by atoms with Crippen LogP contribution in [0.15, 0.2) is 146 Å². The number of benzene rings is 7. The van der Waals surface area contributed by atoms with E-state index in [1.807, 2.05) is 36.5 Å². The molecule has 7 aromatic carbocycles. The van der Waals surface area contributed by atoms with Gasteiger partial charge in [-0.3, -0.25) is 4.57 Å². The first-order chi connectivity index (χ1) is 29.2. The molecule has 0 saturated carbocycles. The fourth-order valence-corrected chi connectivity index (χ4v) is 11.7. The molecular weight excluding hydrogens is 755 g/mol. The summed E-state index contributed by atoms with van der Waals surface area (Å²) < 4.78 is 6.27. The highest BCUT2D eigenvalue weighted by Crippen LogP contribution is 2.49. The van der Waals surface area contributed by atoms with Gasteiger partial charge >= 0.3 is 0 Å². The van der Waals surface area contributed by atoms with Crippen LogP contribution in [-0.4, -0.2) is 14.5 Å². The van der Waals surface area contributed by atoms with E-state index >= 15 is 0 Å². The minimum Gasteiger partial charge on any atom is -0.292 e. The first kappa shape index (κ1) is 35.7. The number of thiophene rings is 2. The summed E-state index contributed by atoms with van der Waals surface area (Å²) >= 11 is 3.75. The second-order valence-electron chi connectivity index (χ2n) is 15.0. The largest absolute Gasteiger partial charge is 0.292 e. The summed E-state index contributed by atoms with van der Waals surface area (Å²) in [7, 11) is 0. The van der Waals surface area contributed by atoms with E-state index in [1.54, 1.807) is 0 Å². The molecule has 4 aromatic heterocycles. The minimum absolute atomic E-state index is 0.763. The molecule has 11 aromatic rings. The van der Waals surface area contributed by atoms with Crippen molar-refractivity contribution < 1.29 is 0 Å². The maximum atomic E-state index is 5.79. The Morgan fingerprint density at radius 2 is 1.39 bits per heavy atom. The lowest BCUT2D eigenvalue weighted by Gasteiger charge is -2.15. The quantitative estimate of drug-likeness (QED) is 0.131. The normalized spacial score (nSPS) is 13.3. The molecule has 59 heavy (non-hydrogen) atoms. The zero-order valence-electron chi connectivity index (χ0n) is 33.3. The molecule has 3 nitrogen and oxygen atoms in total. The molecule has 284 valence electrons. The topological polar surface area (TPSA) is 30.7 Å². The number of fused-ring (bicyclic) bond motifs is 16. The molecule has 0 saturated heterocycles. The van der Waals surface area contributed by atoms with Crippen molar-refractivity contribution in [1.29, 1.82) is 0 Å². The third kappa shape index (κ3) is 5.52. The van der Waals surface area contributed by atoms with Gasteiger partial charge in [-0.15, -0.1) is 22.7 Å². The summed E-state index contributed by atoms with van der Waals surface area (Å²) in [6.07, 6.45) is 16.3. The lowest BCUT2D eigenvalue weighted by atomic mass is 9.97. The predicted molar refractivity (Wildman–Crippen MR) is 260 cm³/mol. The third-order valence-corrected chi connectivity index (χ3v) is 14.2. The van der Waals surface area contributed by atoms with Crippen molar-refractivity contribution in [1.82, 2.24) is 14.5 Å². The highest BCUT2D eigenvalue weighted by atomic mass is 32.1. The molecular formula is C54H41N3S2. The van der Waals surface area contributed by atoms with Crippen LogP contribution >= 0.6 is 22.7 Å². The predicted octanol–water partition coefficient (Wildman–Crippen LogP) is 16.2. The number of hydrogen-bond acceptors (Lipinski definition) is 4. The van der Waals surface area contributed by atoms with Gasteiger partial charge in [-0.2, -0.15) is 0 Å². The van der Waals surface area contributed by atoms with Gasteiger partial charge in [-0.05, 0) is 83.1 Å². The summed E-state index contributed by atoms with van der Waals surface area (Å²) in [5.41, 5.74) is 6.96. The zero-order chi connectivity index (χ0) is 39.6. The molecule has 0 fully saturated rings. The summed E-state index contributed by atoms with van der Waals surface area (Å²) in [5, 5.41) is 12.5. The van der Waals surface area contributed by atoms with Crippen LogP contribution in [-0.2, 0) is 6.42 Å². The molecule has 5 heteroatoms. The third-order valence-electron chi connectivity index (χ3n) is 11.8. The fourth-order valence-electron chi connectivity index (χ4n) is 9.29. The maximum absolute atomic E-state index is 5.79. The second-order valence-corrected chi connectivity index (χ2v) is 17.2. The van der Waals surface area contributed by atoms with Crippen LogP contribution in [0.25, 0.3) is 114 Å². The molecule has 1 aliphatic carbocycles. The van der Waals surface area contributed by atoms with E-state index in [0.29, 0.717) is 0 Å². The van der Waals surface area contributed by atoms with E-state index in [4.69, 9.17) is 9.97 Å². The van der Waals surface area contributed by atoms with Crippen molar-refractivity contribution in [3.63, 3.8) is 0 Å². The smallest absolute Gasteiger partial charge is 0.162 e. The molecule has 0 spiro atoms. The molecule has 12 rings (SSSR count). The first-order valence-electron chi connectivity index (χ1n) is 20.8. The molecule has 0 amide bonds. The SMILES string of the molecule is C/C=C\C=C/c1ccc2c3c4c5ccccc5sc4c4ccccc4c3n(-c3nc(-c4cc5ccccc5c5ccccc45)nc4c5c(sc34)C=CCCC5)c2c1.CC. The van der Waals surface area contributed by atoms with Gasteiger partial charge in [0.05, 0.1) is 21.3 Å². The van der Waals surface area contributed by atoms with Crippen molar-refractivity contribution >= 4 is 119 Å². The average molecular weight is 796 g/mol. The fraction of sp³-hybridized carbons (Fsp3) is 0.111. The van der Waals surface area contributed by atoms with Crippen molar-refractivity contribution in [2.24, 2.45) is 0 Å².